The lowest BCUT2D eigenvalue weighted by atomic mass is 10.2. The molecule has 0 aliphatic rings. The van der Waals surface area contributed by atoms with Crippen molar-refractivity contribution in [3.8, 4) is 0 Å². The monoisotopic (exact) mass is 322 g/mol. The predicted octanol–water partition coefficient (Wildman–Crippen LogP) is 2.95. The zero-order chi connectivity index (χ0) is 13.2. The summed E-state index contributed by atoms with van der Waals surface area (Å²) in [5.41, 5.74) is -0.755. The van der Waals surface area contributed by atoms with Gasteiger partial charge in [0.05, 0.1) is 0 Å². The zero-order valence-corrected chi connectivity index (χ0v) is 11.8. The average Bonchev–Trinajstić information content (AvgIpc) is 2.42. The number of carboxylic acids is 1. The van der Waals surface area contributed by atoms with E-state index in [-0.39, 0.29) is 10.8 Å². The first-order chi connectivity index (χ1) is 7.69. The third-order valence-electron chi connectivity index (χ3n) is 1.40. The summed E-state index contributed by atoms with van der Waals surface area (Å²) in [7, 11) is 0. The lowest BCUT2D eigenvalue weighted by Gasteiger charge is -2.18. The Labute approximate surface area is 110 Å². The molecule has 0 bridgehead atoms. The smallest absolute Gasteiger partial charge is 0.413 e. The highest BCUT2D eigenvalue weighted by atomic mass is 79.9. The number of thiazole rings is 1. The Balaban J connectivity index is 2.73. The van der Waals surface area contributed by atoms with Gasteiger partial charge in [-0.3, -0.25) is 5.32 Å². The normalized spacial score (nSPS) is 11.1. The summed E-state index contributed by atoms with van der Waals surface area (Å²) < 4.78 is 5.35. The van der Waals surface area contributed by atoms with Crippen molar-refractivity contribution in [2.45, 2.75) is 26.4 Å². The fourth-order valence-electron chi connectivity index (χ4n) is 0.878. The number of amides is 1. The van der Waals surface area contributed by atoms with Crippen LogP contribution in [0.15, 0.2) is 3.79 Å². The van der Waals surface area contributed by atoms with E-state index in [1.54, 1.807) is 20.8 Å². The van der Waals surface area contributed by atoms with Crippen molar-refractivity contribution in [1.29, 1.82) is 0 Å². The molecule has 0 radical (unpaired) electrons. The van der Waals surface area contributed by atoms with Gasteiger partial charge >= 0.3 is 12.1 Å². The molecule has 94 valence electrons. The third-order valence-corrected chi connectivity index (χ3v) is 3.02. The number of aromatic carboxylic acids is 1. The number of halogens is 1. The Kier molecular flexibility index (Phi) is 4.10. The lowest BCUT2D eigenvalue weighted by Crippen LogP contribution is -2.27. The highest BCUT2D eigenvalue weighted by molar-refractivity contribution is 9.11. The van der Waals surface area contributed by atoms with Crippen molar-refractivity contribution in [1.82, 2.24) is 4.98 Å². The summed E-state index contributed by atoms with van der Waals surface area (Å²) in [5.74, 6) is -1.16. The number of ether oxygens (including phenoxy) is 1. The zero-order valence-electron chi connectivity index (χ0n) is 9.41. The fourth-order valence-corrected chi connectivity index (χ4v) is 2.27. The van der Waals surface area contributed by atoms with Gasteiger partial charge in [0.2, 0.25) is 0 Å². The minimum atomic E-state index is -1.16. The van der Waals surface area contributed by atoms with E-state index in [1.807, 2.05) is 0 Å². The standard InChI is InChI=1S/C9H11BrN2O4S/c1-9(2,3)16-8(15)12-7-11-4(6(13)14)5(10)17-7/h1-3H3,(H,13,14)(H,11,12,15). The maximum Gasteiger partial charge on any atom is 0.413 e. The molecule has 0 aliphatic heterocycles. The molecule has 0 unspecified atom stereocenters. The quantitative estimate of drug-likeness (QED) is 0.873. The number of carbonyl (C=O) groups excluding carboxylic acids is 1. The van der Waals surface area contributed by atoms with Crippen molar-refractivity contribution >= 4 is 44.5 Å². The summed E-state index contributed by atoms with van der Waals surface area (Å²) in [4.78, 5) is 25.8. The first kappa shape index (κ1) is 13.9. The van der Waals surface area contributed by atoms with Gasteiger partial charge in [-0.1, -0.05) is 11.3 Å². The molecule has 0 saturated heterocycles. The van der Waals surface area contributed by atoms with Crippen LogP contribution >= 0.6 is 27.3 Å². The van der Waals surface area contributed by atoms with Crippen LogP contribution in [0.1, 0.15) is 31.3 Å². The number of nitrogens with one attached hydrogen (secondary N) is 1. The molecular weight excluding hydrogens is 312 g/mol. The summed E-state index contributed by atoms with van der Waals surface area (Å²) in [6.45, 7) is 5.19. The van der Waals surface area contributed by atoms with Crippen LogP contribution in [0, 0.1) is 0 Å². The largest absolute Gasteiger partial charge is 0.476 e. The van der Waals surface area contributed by atoms with Gasteiger partial charge in [-0.25, -0.2) is 14.6 Å². The van der Waals surface area contributed by atoms with Crippen LogP contribution in [0.5, 0.6) is 0 Å². The summed E-state index contributed by atoms with van der Waals surface area (Å²) in [5, 5.41) is 11.3. The number of rotatable bonds is 2. The van der Waals surface area contributed by atoms with E-state index in [0.29, 0.717) is 3.79 Å². The summed E-state index contributed by atoms with van der Waals surface area (Å²) in [6, 6.07) is 0. The Morgan fingerprint density at radius 2 is 2.06 bits per heavy atom. The molecule has 6 nitrogen and oxygen atoms in total. The molecule has 8 heteroatoms. The second-order valence-electron chi connectivity index (χ2n) is 4.07. The second-order valence-corrected chi connectivity index (χ2v) is 6.39. The minimum Gasteiger partial charge on any atom is -0.476 e. The van der Waals surface area contributed by atoms with E-state index in [0.717, 1.165) is 11.3 Å². The number of carbonyl (C=O) groups is 2. The molecule has 0 saturated carbocycles. The summed E-state index contributed by atoms with van der Waals surface area (Å²) >= 11 is 4.06. The average molecular weight is 323 g/mol. The number of nitrogens with zero attached hydrogens (tertiary/aromatic N) is 1. The molecule has 1 aromatic rings. The Hall–Kier alpha value is -1.15. The van der Waals surface area contributed by atoms with Gasteiger partial charge in [0.15, 0.2) is 10.8 Å². The van der Waals surface area contributed by atoms with Crippen molar-refractivity contribution in [2.24, 2.45) is 0 Å². The molecule has 17 heavy (non-hydrogen) atoms. The SMILES string of the molecule is CC(C)(C)OC(=O)Nc1nc(C(=O)O)c(Br)s1. The van der Waals surface area contributed by atoms with Crippen LogP contribution in [0.4, 0.5) is 9.93 Å². The first-order valence-corrected chi connectivity index (χ1v) is 6.19. The molecule has 0 aromatic carbocycles. The van der Waals surface area contributed by atoms with Gasteiger partial charge in [0.1, 0.15) is 9.39 Å². The molecule has 1 heterocycles. The van der Waals surface area contributed by atoms with Crippen molar-refractivity contribution in [3.63, 3.8) is 0 Å². The van der Waals surface area contributed by atoms with E-state index in [1.165, 1.54) is 0 Å². The van der Waals surface area contributed by atoms with Crippen LogP contribution in [0.25, 0.3) is 0 Å². The minimum absolute atomic E-state index is 0.138. The van der Waals surface area contributed by atoms with E-state index in [4.69, 9.17) is 9.84 Å². The van der Waals surface area contributed by atoms with Crippen molar-refractivity contribution in [3.05, 3.63) is 9.48 Å². The molecule has 0 spiro atoms. The van der Waals surface area contributed by atoms with Gasteiger partial charge in [-0.05, 0) is 36.7 Å². The maximum absolute atomic E-state index is 11.4. The second kappa shape index (κ2) is 5.01. The molecule has 2 N–H and O–H groups in total. The van der Waals surface area contributed by atoms with Gasteiger partial charge < -0.3 is 9.84 Å². The highest BCUT2D eigenvalue weighted by Crippen LogP contribution is 2.28. The van der Waals surface area contributed by atoms with Crippen LogP contribution in [-0.4, -0.2) is 27.8 Å². The van der Waals surface area contributed by atoms with E-state index in [2.05, 4.69) is 26.2 Å². The molecule has 0 aliphatic carbocycles. The molecule has 0 atom stereocenters. The highest BCUT2D eigenvalue weighted by Gasteiger charge is 2.20. The van der Waals surface area contributed by atoms with E-state index < -0.39 is 17.7 Å². The molecule has 1 amide bonds. The Morgan fingerprint density at radius 3 is 2.47 bits per heavy atom. The number of anilines is 1. The fraction of sp³-hybridized carbons (Fsp3) is 0.444. The van der Waals surface area contributed by atoms with Gasteiger partial charge in [0.25, 0.3) is 0 Å². The third kappa shape index (κ3) is 4.31. The van der Waals surface area contributed by atoms with Gasteiger partial charge in [0, 0.05) is 0 Å². The number of hydrogen-bond donors (Lipinski definition) is 2. The topological polar surface area (TPSA) is 88.5 Å². The number of carboxylic acid groups (broad SMARTS) is 1. The Bertz CT molecular complexity index is 452. The van der Waals surface area contributed by atoms with Crippen molar-refractivity contribution in [2.75, 3.05) is 5.32 Å². The molecule has 1 rings (SSSR count). The predicted molar refractivity (Wildman–Crippen MR) is 66.6 cm³/mol. The first-order valence-electron chi connectivity index (χ1n) is 4.58. The van der Waals surface area contributed by atoms with Crippen LogP contribution < -0.4 is 5.32 Å². The maximum atomic E-state index is 11.4. The number of aromatic nitrogens is 1. The van der Waals surface area contributed by atoms with E-state index in [9.17, 15) is 9.59 Å². The van der Waals surface area contributed by atoms with Gasteiger partial charge in [-0.15, -0.1) is 0 Å². The lowest BCUT2D eigenvalue weighted by molar-refractivity contribution is 0.0632. The van der Waals surface area contributed by atoms with Gasteiger partial charge in [-0.2, -0.15) is 0 Å². The van der Waals surface area contributed by atoms with Crippen LogP contribution in [0.2, 0.25) is 0 Å². The van der Waals surface area contributed by atoms with Crippen LogP contribution in [-0.2, 0) is 4.74 Å². The summed E-state index contributed by atoms with van der Waals surface area (Å²) in [6.07, 6.45) is -0.671. The van der Waals surface area contributed by atoms with E-state index >= 15 is 0 Å². The molecular formula is C9H11BrN2O4S. The van der Waals surface area contributed by atoms with Crippen molar-refractivity contribution < 1.29 is 19.4 Å². The molecule has 1 aromatic heterocycles. The number of hydrogen-bond acceptors (Lipinski definition) is 5. The van der Waals surface area contributed by atoms with Crippen LogP contribution in [0.3, 0.4) is 0 Å². The Morgan fingerprint density at radius 1 is 1.47 bits per heavy atom. The molecule has 0 fully saturated rings.